The van der Waals surface area contributed by atoms with E-state index in [0.717, 1.165) is 45.4 Å². The van der Waals surface area contributed by atoms with E-state index >= 15 is 0 Å². The van der Waals surface area contributed by atoms with Crippen molar-refractivity contribution >= 4 is 11.6 Å². The molecule has 0 radical (unpaired) electrons. The van der Waals surface area contributed by atoms with E-state index in [0.29, 0.717) is 17.1 Å². The summed E-state index contributed by atoms with van der Waals surface area (Å²) in [6, 6.07) is 3.54. The van der Waals surface area contributed by atoms with E-state index in [9.17, 15) is 5.11 Å². The molecular formula is C16H25ClN2O2. The molecule has 1 aromatic heterocycles. The predicted octanol–water partition coefficient (Wildman–Crippen LogP) is 2.74. The highest BCUT2D eigenvalue weighted by Crippen LogP contribution is 2.37. The van der Waals surface area contributed by atoms with E-state index in [-0.39, 0.29) is 5.92 Å². The molecule has 118 valence electrons. The maximum Gasteiger partial charge on any atom is 0.111 e. The summed E-state index contributed by atoms with van der Waals surface area (Å²) in [4.78, 5) is 4.39. The molecule has 0 saturated carbocycles. The summed E-state index contributed by atoms with van der Waals surface area (Å²) in [7, 11) is 1.70. The second-order valence-corrected chi connectivity index (χ2v) is 6.21. The second kappa shape index (κ2) is 8.08. The first-order valence-corrected chi connectivity index (χ1v) is 8.08. The smallest absolute Gasteiger partial charge is 0.111 e. The monoisotopic (exact) mass is 312 g/mol. The van der Waals surface area contributed by atoms with Crippen LogP contribution < -0.4 is 5.32 Å². The Morgan fingerprint density at radius 1 is 1.52 bits per heavy atom. The fourth-order valence-electron chi connectivity index (χ4n) is 3.08. The zero-order chi connectivity index (χ0) is 15.1. The van der Waals surface area contributed by atoms with Crippen LogP contribution in [0.5, 0.6) is 0 Å². The summed E-state index contributed by atoms with van der Waals surface area (Å²) in [6.45, 7) is 2.58. The number of unbranched alkanes of at least 4 members (excludes halogenated alkanes) is 1. The van der Waals surface area contributed by atoms with Crippen LogP contribution in [0.25, 0.3) is 0 Å². The highest BCUT2D eigenvalue weighted by molar-refractivity contribution is 6.30. The summed E-state index contributed by atoms with van der Waals surface area (Å²) in [5.41, 5.74) is -0.215. The van der Waals surface area contributed by atoms with Crippen molar-refractivity contribution < 1.29 is 9.84 Å². The lowest BCUT2D eigenvalue weighted by Gasteiger charge is -2.38. The topological polar surface area (TPSA) is 54.4 Å². The average molecular weight is 313 g/mol. The van der Waals surface area contributed by atoms with Gasteiger partial charge in [-0.3, -0.25) is 4.98 Å². The van der Waals surface area contributed by atoms with Crippen LogP contribution in [0.4, 0.5) is 0 Å². The quantitative estimate of drug-likeness (QED) is 0.760. The molecule has 2 N–H and O–H groups in total. The maximum absolute atomic E-state index is 11.3. The first-order chi connectivity index (χ1) is 10.2. The lowest BCUT2D eigenvalue weighted by atomic mass is 9.76. The highest BCUT2D eigenvalue weighted by atomic mass is 35.5. The molecule has 1 aromatic rings. The van der Waals surface area contributed by atoms with Crippen LogP contribution in [-0.2, 0) is 10.3 Å². The zero-order valence-electron chi connectivity index (χ0n) is 12.6. The first-order valence-electron chi connectivity index (χ1n) is 7.71. The number of methoxy groups -OCH3 is 1. The van der Waals surface area contributed by atoms with Crippen molar-refractivity contribution in [2.24, 2.45) is 5.92 Å². The Kier molecular flexibility index (Phi) is 6.42. The van der Waals surface area contributed by atoms with Crippen LogP contribution in [0.2, 0.25) is 5.02 Å². The number of pyridine rings is 1. The number of piperidine rings is 1. The third-order valence-electron chi connectivity index (χ3n) is 4.29. The number of nitrogens with one attached hydrogen (secondary N) is 1. The van der Waals surface area contributed by atoms with E-state index in [1.165, 1.54) is 0 Å². The molecule has 0 aromatic carbocycles. The van der Waals surface area contributed by atoms with Crippen molar-refractivity contribution in [1.29, 1.82) is 0 Å². The van der Waals surface area contributed by atoms with Crippen molar-refractivity contribution in [2.75, 3.05) is 26.8 Å². The van der Waals surface area contributed by atoms with Crippen LogP contribution in [0.15, 0.2) is 18.3 Å². The number of hydrogen-bond donors (Lipinski definition) is 2. The molecule has 2 rings (SSSR count). The molecule has 0 bridgehead atoms. The van der Waals surface area contributed by atoms with E-state index in [1.54, 1.807) is 25.4 Å². The number of rotatable bonds is 7. The summed E-state index contributed by atoms with van der Waals surface area (Å²) < 4.78 is 5.10. The Bertz CT molecular complexity index is 438. The number of hydrogen-bond acceptors (Lipinski definition) is 4. The molecule has 5 heteroatoms. The van der Waals surface area contributed by atoms with Gasteiger partial charge in [0.25, 0.3) is 0 Å². The summed E-state index contributed by atoms with van der Waals surface area (Å²) >= 11 is 6.09. The molecule has 1 aliphatic rings. The zero-order valence-corrected chi connectivity index (χ0v) is 13.4. The van der Waals surface area contributed by atoms with E-state index in [2.05, 4.69) is 10.3 Å². The number of aromatic nitrogens is 1. The van der Waals surface area contributed by atoms with Gasteiger partial charge in [0.15, 0.2) is 0 Å². The Morgan fingerprint density at radius 2 is 2.38 bits per heavy atom. The van der Waals surface area contributed by atoms with Crippen molar-refractivity contribution in [3.63, 3.8) is 0 Å². The summed E-state index contributed by atoms with van der Waals surface area (Å²) in [6.07, 6.45) is 6.33. The van der Waals surface area contributed by atoms with Gasteiger partial charge >= 0.3 is 0 Å². The third kappa shape index (κ3) is 4.39. The Balaban J connectivity index is 2.15. The molecule has 4 nitrogen and oxygen atoms in total. The second-order valence-electron chi connectivity index (χ2n) is 5.78. The van der Waals surface area contributed by atoms with E-state index in [1.807, 2.05) is 0 Å². The molecule has 1 aliphatic heterocycles. The highest BCUT2D eigenvalue weighted by Gasteiger charge is 2.39. The molecule has 0 amide bonds. The molecule has 2 atom stereocenters. The number of halogens is 1. The third-order valence-corrected chi connectivity index (χ3v) is 4.53. The van der Waals surface area contributed by atoms with Gasteiger partial charge in [-0.1, -0.05) is 11.6 Å². The van der Waals surface area contributed by atoms with Crippen molar-refractivity contribution in [2.45, 2.75) is 37.7 Å². The Labute approximate surface area is 131 Å². The van der Waals surface area contributed by atoms with Gasteiger partial charge < -0.3 is 15.2 Å². The number of aliphatic hydroxyl groups is 1. The molecule has 1 fully saturated rings. The van der Waals surface area contributed by atoms with Gasteiger partial charge in [0.2, 0.25) is 0 Å². The lowest BCUT2D eigenvalue weighted by molar-refractivity contribution is -0.0469. The van der Waals surface area contributed by atoms with E-state index in [4.69, 9.17) is 16.3 Å². The fourth-order valence-corrected chi connectivity index (χ4v) is 3.24. The van der Waals surface area contributed by atoms with Gasteiger partial charge in [0.1, 0.15) is 5.60 Å². The van der Waals surface area contributed by atoms with E-state index < -0.39 is 5.60 Å². The Morgan fingerprint density at radius 3 is 3.05 bits per heavy atom. The van der Waals surface area contributed by atoms with Crippen LogP contribution in [0, 0.1) is 5.92 Å². The normalized spacial score (nSPS) is 22.0. The van der Waals surface area contributed by atoms with Crippen molar-refractivity contribution in [3.8, 4) is 0 Å². The van der Waals surface area contributed by atoms with Crippen LogP contribution in [0.1, 0.15) is 37.8 Å². The number of ether oxygens (including phenoxy) is 1. The minimum Gasteiger partial charge on any atom is -0.385 e. The molecular weight excluding hydrogens is 288 g/mol. The van der Waals surface area contributed by atoms with Crippen molar-refractivity contribution in [1.82, 2.24) is 10.3 Å². The average Bonchev–Trinajstić information content (AvgIpc) is 2.52. The largest absolute Gasteiger partial charge is 0.385 e. The molecule has 1 saturated heterocycles. The first kappa shape index (κ1) is 16.7. The van der Waals surface area contributed by atoms with Gasteiger partial charge in [-0.25, -0.2) is 0 Å². The Hall–Kier alpha value is -0.680. The molecule has 0 aliphatic carbocycles. The SMILES string of the molecule is COCCCC[C@@](O)(c1cc(Cl)ccn1)C1CCCNC1. The van der Waals surface area contributed by atoms with Crippen LogP contribution >= 0.6 is 11.6 Å². The molecule has 0 spiro atoms. The minimum absolute atomic E-state index is 0.180. The standard InChI is InChI=1S/C16H25ClN2O2/c1-21-10-3-2-7-16(20,13-5-4-8-18-12-13)15-11-14(17)6-9-19-15/h6,9,11,13,18,20H,2-5,7-8,10,12H2,1H3/t13?,16-/m0/s1. The molecule has 1 unspecified atom stereocenters. The lowest BCUT2D eigenvalue weighted by Crippen LogP contribution is -2.44. The maximum atomic E-state index is 11.3. The van der Waals surface area contributed by atoms with Gasteiger partial charge in [0, 0.05) is 37.4 Å². The minimum atomic E-state index is -0.911. The van der Waals surface area contributed by atoms with Crippen LogP contribution in [0.3, 0.4) is 0 Å². The van der Waals surface area contributed by atoms with Gasteiger partial charge in [-0.15, -0.1) is 0 Å². The van der Waals surface area contributed by atoms with Crippen LogP contribution in [-0.4, -0.2) is 36.9 Å². The summed E-state index contributed by atoms with van der Waals surface area (Å²) in [5, 5.41) is 15.3. The van der Waals surface area contributed by atoms with Gasteiger partial charge in [-0.2, -0.15) is 0 Å². The summed E-state index contributed by atoms with van der Waals surface area (Å²) in [5.74, 6) is 0.180. The predicted molar refractivity (Wildman–Crippen MR) is 84.5 cm³/mol. The van der Waals surface area contributed by atoms with Gasteiger partial charge in [0.05, 0.1) is 5.69 Å². The molecule has 21 heavy (non-hydrogen) atoms. The number of nitrogens with zero attached hydrogens (tertiary/aromatic N) is 1. The molecule has 2 heterocycles. The fraction of sp³-hybridized carbons (Fsp3) is 0.688. The van der Waals surface area contributed by atoms with Gasteiger partial charge in [-0.05, 0) is 50.8 Å². The van der Waals surface area contributed by atoms with Crippen molar-refractivity contribution in [3.05, 3.63) is 29.0 Å².